The number of hydrogen-bond donors (Lipinski definition) is 2. The smallest absolute Gasteiger partial charge is 0.416 e. The lowest BCUT2D eigenvalue weighted by Crippen LogP contribution is -2.38. The molecule has 2 N–H and O–H groups in total. The second-order valence-corrected chi connectivity index (χ2v) is 5.11. The summed E-state index contributed by atoms with van der Waals surface area (Å²) < 4.78 is 37.4. The second kappa shape index (κ2) is 7.45. The van der Waals surface area contributed by atoms with Crippen molar-refractivity contribution in [2.24, 2.45) is 0 Å². The first-order valence-corrected chi connectivity index (χ1v) is 6.89. The lowest BCUT2D eigenvalue weighted by Gasteiger charge is -2.18. The number of carbonyl (C=O) groups is 1. The fourth-order valence-electron chi connectivity index (χ4n) is 2.04. The maximum atomic E-state index is 12.5. The Morgan fingerprint density at radius 2 is 1.86 bits per heavy atom. The van der Waals surface area contributed by atoms with E-state index < -0.39 is 23.8 Å². The number of alkyl halides is 3. The maximum absolute atomic E-state index is 12.5. The van der Waals surface area contributed by atoms with Gasteiger partial charge in [-0.3, -0.25) is 4.79 Å². The largest absolute Gasteiger partial charge is 0.480 e. The Morgan fingerprint density at radius 1 is 1.29 bits per heavy atom. The van der Waals surface area contributed by atoms with Crippen LogP contribution in [0.3, 0.4) is 0 Å². The van der Waals surface area contributed by atoms with Crippen molar-refractivity contribution in [1.29, 1.82) is 0 Å². The van der Waals surface area contributed by atoms with Crippen LogP contribution >= 0.6 is 0 Å². The molecule has 1 aromatic carbocycles. The summed E-state index contributed by atoms with van der Waals surface area (Å²) in [5, 5.41) is 12.0. The molecule has 0 aliphatic carbocycles. The molecule has 0 amide bonds. The van der Waals surface area contributed by atoms with E-state index >= 15 is 0 Å². The van der Waals surface area contributed by atoms with E-state index in [2.05, 4.69) is 5.32 Å². The molecule has 2 atom stereocenters. The number of aliphatic carboxylic acids is 1. The molecule has 21 heavy (non-hydrogen) atoms. The van der Waals surface area contributed by atoms with Gasteiger partial charge in [-0.05, 0) is 30.0 Å². The molecular weight excluding hydrogens is 283 g/mol. The molecular formula is C15H20F3NO2. The third kappa shape index (κ3) is 5.38. The number of benzene rings is 1. The summed E-state index contributed by atoms with van der Waals surface area (Å²) in [5.74, 6) is -0.970. The Hall–Kier alpha value is -1.56. The van der Waals surface area contributed by atoms with Crippen molar-refractivity contribution in [3.8, 4) is 0 Å². The standard InChI is InChI=1S/C15H20F3NO2/c1-3-4-13(14(20)21)19-9-10(2)11-5-7-12(8-6-11)15(16,17)18/h5-8,10,13,19H,3-4,9H2,1-2H3,(H,20,21). The molecule has 3 nitrogen and oxygen atoms in total. The molecule has 118 valence electrons. The molecule has 0 bridgehead atoms. The summed E-state index contributed by atoms with van der Waals surface area (Å²) in [4.78, 5) is 11.0. The number of halogens is 3. The Morgan fingerprint density at radius 3 is 2.29 bits per heavy atom. The van der Waals surface area contributed by atoms with Gasteiger partial charge in [0.1, 0.15) is 6.04 Å². The van der Waals surface area contributed by atoms with Crippen molar-refractivity contribution < 1.29 is 23.1 Å². The Labute approximate surface area is 122 Å². The van der Waals surface area contributed by atoms with E-state index in [1.54, 1.807) is 0 Å². The zero-order valence-corrected chi connectivity index (χ0v) is 12.1. The van der Waals surface area contributed by atoms with Gasteiger partial charge in [0.25, 0.3) is 0 Å². The number of rotatable bonds is 7. The minimum atomic E-state index is -4.34. The SMILES string of the molecule is CCCC(NCC(C)c1ccc(C(F)(F)F)cc1)C(=O)O. The van der Waals surface area contributed by atoms with E-state index in [0.29, 0.717) is 13.0 Å². The van der Waals surface area contributed by atoms with Gasteiger partial charge < -0.3 is 10.4 Å². The van der Waals surface area contributed by atoms with Gasteiger partial charge in [0.05, 0.1) is 5.56 Å². The van der Waals surface area contributed by atoms with E-state index in [9.17, 15) is 18.0 Å². The highest BCUT2D eigenvalue weighted by Crippen LogP contribution is 2.30. The first kappa shape index (κ1) is 17.5. The van der Waals surface area contributed by atoms with E-state index in [0.717, 1.165) is 24.1 Å². The van der Waals surface area contributed by atoms with Gasteiger partial charge in [-0.15, -0.1) is 0 Å². The summed E-state index contributed by atoms with van der Waals surface area (Å²) in [5.41, 5.74) is 0.0666. The van der Waals surface area contributed by atoms with E-state index in [1.807, 2.05) is 13.8 Å². The molecule has 2 unspecified atom stereocenters. The fraction of sp³-hybridized carbons (Fsp3) is 0.533. The molecule has 0 spiro atoms. The van der Waals surface area contributed by atoms with Gasteiger partial charge in [-0.2, -0.15) is 13.2 Å². The average molecular weight is 303 g/mol. The van der Waals surface area contributed by atoms with Gasteiger partial charge >= 0.3 is 12.1 Å². The monoisotopic (exact) mass is 303 g/mol. The van der Waals surface area contributed by atoms with E-state index in [4.69, 9.17) is 5.11 Å². The molecule has 0 saturated heterocycles. The highest BCUT2D eigenvalue weighted by atomic mass is 19.4. The van der Waals surface area contributed by atoms with Gasteiger partial charge in [0.15, 0.2) is 0 Å². The molecule has 1 aromatic rings. The lowest BCUT2D eigenvalue weighted by atomic mass is 9.99. The molecule has 0 heterocycles. The Bertz CT molecular complexity index is 457. The van der Waals surface area contributed by atoms with Crippen molar-refractivity contribution in [3.05, 3.63) is 35.4 Å². The highest BCUT2D eigenvalue weighted by Gasteiger charge is 2.30. The predicted molar refractivity (Wildman–Crippen MR) is 74.2 cm³/mol. The zero-order chi connectivity index (χ0) is 16.0. The molecule has 0 radical (unpaired) electrons. The Kier molecular flexibility index (Phi) is 6.20. The van der Waals surface area contributed by atoms with Gasteiger partial charge in [0.2, 0.25) is 0 Å². The predicted octanol–water partition coefficient (Wildman–Crippen LogP) is 3.65. The molecule has 0 aliphatic heterocycles. The normalized spacial score (nSPS) is 14.7. The highest BCUT2D eigenvalue weighted by molar-refractivity contribution is 5.73. The van der Waals surface area contributed by atoms with Crippen LogP contribution in [0.4, 0.5) is 13.2 Å². The summed E-state index contributed by atoms with van der Waals surface area (Å²) >= 11 is 0. The van der Waals surface area contributed by atoms with Crippen LogP contribution in [-0.4, -0.2) is 23.7 Å². The minimum absolute atomic E-state index is 0.0639. The zero-order valence-electron chi connectivity index (χ0n) is 12.1. The summed E-state index contributed by atoms with van der Waals surface area (Å²) in [6, 6.07) is 4.35. The Balaban J connectivity index is 2.63. The van der Waals surface area contributed by atoms with Crippen molar-refractivity contribution in [2.45, 2.75) is 44.8 Å². The molecule has 0 fully saturated rings. The first-order chi connectivity index (χ1) is 9.75. The second-order valence-electron chi connectivity index (χ2n) is 5.11. The maximum Gasteiger partial charge on any atom is 0.416 e. The number of carboxylic acids is 1. The number of nitrogens with one attached hydrogen (secondary N) is 1. The third-order valence-corrected chi connectivity index (χ3v) is 3.35. The molecule has 0 aliphatic rings. The number of hydrogen-bond acceptors (Lipinski definition) is 2. The summed E-state index contributed by atoms with van der Waals surface area (Å²) in [7, 11) is 0. The lowest BCUT2D eigenvalue weighted by molar-refractivity contribution is -0.140. The summed E-state index contributed by atoms with van der Waals surface area (Å²) in [6.07, 6.45) is -3.07. The van der Waals surface area contributed by atoms with E-state index in [1.165, 1.54) is 12.1 Å². The molecule has 1 rings (SSSR count). The van der Waals surface area contributed by atoms with Crippen molar-refractivity contribution in [1.82, 2.24) is 5.32 Å². The van der Waals surface area contributed by atoms with E-state index in [-0.39, 0.29) is 5.92 Å². The van der Waals surface area contributed by atoms with Crippen LogP contribution in [0.25, 0.3) is 0 Å². The molecule has 0 aromatic heterocycles. The van der Waals surface area contributed by atoms with Gasteiger partial charge in [0, 0.05) is 6.54 Å². The van der Waals surface area contributed by atoms with Crippen LogP contribution in [0.15, 0.2) is 24.3 Å². The van der Waals surface area contributed by atoms with Crippen LogP contribution in [0.1, 0.15) is 43.7 Å². The van der Waals surface area contributed by atoms with Crippen molar-refractivity contribution >= 4 is 5.97 Å². The average Bonchev–Trinajstić information content (AvgIpc) is 2.42. The number of carboxylic acid groups (broad SMARTS) is 1. The van der Waals surface area contributed by atoms with Crippen LogP contribution in [-0.2, 0) is 11.0 Å². The van der Waals surface area contributed by atoms with Crippen LogP contribution < -0.4 is 5.32 Å². The summed E-state index contributed by atoms with van der Waals surface area (Å²) in [6.45, 7) is 4.15. The molecule has 0 saturated carbocycles. The van der Waals surface area contributed by atoms with Gasteiger partial charge in [-0.25, -0.2) is 0 Å². The fourth-order valence-corrected chi connectivity index (χ4v) is 2.04. The minimum Gasteiger partial charge on any atom is -0.480 e. The van der Waals surface area contributed by atoms with Gasteiger partial charge in [-0.1, -0.05) is 32.4 Å². The van der Waals surface area contributed by atoms with Crippen LogP contribution in [0.2, 0.25) is 0 Å². The van der Waals surface area contributed by atoms with Crippen LogP contribution in [0.5, 0.6) is 0 Å². The quantitative estimate of drug-likeness (QED) is 0.808. The van der Waals surface area contributed by atoms with Crippen molar-refractivity contribution in [2.75, 3.05) is 6.54 Å². The van der Waals surface area contributed by atoms with Crippen LogP contribution in [0, 0.1) is 0 Å². The first-order valence-electron chi connectivity index (χ1n) is 6.89. The third-order valence-electron chi connectivity index (χ3n) is 3.35. The van der Waals surface area contributed by atoms with Crippen molar-refractivity contribution in [3.63, 3.8) is 0 Å². The molecule has 6 heteroatoms. The topological polar surface area (TPSA) is 49.3 Å².